The number of phenolic OH excluding ortho intramolecular Hbond substituents is 1. The Labute approximate surface area is 340 Å². The Morgan fingerprint density at radius 2 is 1.64 bits per heavy atom. The van der Waals surface area contributed by atoms with Crippen LogP contribution in [0.2, 0.25) is 10.0 Å². The summed E-state index contributed by atoms with van der Waals surface area (Å²) in [6.07, 6.45) is -1.69. The Bertz CT molecular complexity index is 2410. The summed E-state index contributed by atoms with van der Waals surface area (Å²) in [6, 6.07) is 16.9. The second-order valence-corrected chi connectivity index (χ2v) is 15.6. The molecule has 2 aliphatic carbocycles. The number of methoxy groups -OCH3 is 2. The van der Waals surface area contributed by atoms with E-state index in [2.05, 4.69) is 10.4 Å². The summed E-state index contributed by atoms with van der Waals surface area (Å²) in [6.45, 7) is 1.99. The monoisotopic (exact) mass is 834 g/mol. The van der Waals surface area contributed by atoms with Crippen LogP contribution in [0.1, 0.15) is 47.9 Å². The summed E-state index contributed by atoms with van der Waals surface area (Å²) in [5, 5.41) is 12.4. The van der Waals surface area contributed by atoms with Gasteiger partial charge in [0.25, 0.3) is 11.8 Å². The van der Waals surface area contributed by atoms with Crippen molar-refractivity contribution in [1.29, 1.82) is 0 Å². The maximum atomic E-state index is 15.5. The lowest BCUT2D eigenvalue weighted by Gasteiger charge is -2.50. The van der Waals surface area contributed by atoms with Gasteiger partial charge in [-0.15, -0.1) is 0 Å². The molecule has 300 valence electrons. The second kappa shape index (κ2) is 14.3. The predicted octanol–water partition coefficient (Wildman–Crippen LogP) is 7.88. The van der Waals surface area contributed by atoms with Gasteiger partial charge in [-0.2, -0.15) is 18.2 Å². The number of pyridine rings is 1. The lowest BCUT2D eigenvalue weighted by molar-refractivity contribution is -0.139. The highest BCUT2D eigenvalue weighted by atomic mass is 35.5. The number of nitrogens with one attached hydrogen (secondary N) is 1. The van der Waals surface area contributed by atoms with E-state index in [1.165, 1.54) is 31.3 Å². The number of fused-ring (bicyclic) bond motifs is 4. The number of carbonyl (C=O) groups excluding carboxylic acids is 4. The standard InChI is InChI=1S/C42H35Cl2F3N4O7/c1-4-20-5-11-24(12-6-20)50-37(53)27-14-13-26-28(33(27)39(50)55)18-29-38(54)51(49-36-30(44)15-22(19-48-36)42(45,46)47)40(56)41(29,21-7-9-23(43)10-8-21)35(26)34-31(52)16-25(57-2)17-32(34)58-3/h5-13,15-17,19,27-29,33,35,52H,4,14,18H2,1-3H3,(H,48,49)/t27-,28+,29-,33-,35+,41+/m0/s1. The number of ether oxygens (including phenoxy) is 2. The minimum Gasteiger partial charge on any atom is -0.507 e. The minimum absolute atomic E-state index is 0.100. The Morgan fingerprint density at radius 1 is 0.931 bits per heavy atom. The van der Waals surface area contributed by atoms with E-state index in [4.69, 9.17) is 32.7 Å². The normalized spacial score (nSPS) is 25.3. The maximum absolute atomic E-state index is 15.5. The SMILES string of the molecule is CCc1ccc(N2C(=O)[C@H]3[C@H](CC=C4[C@H]3C[C@H]3C(=O)N(Nc5ncc(C(F)(F)F)cc5Cl)C(=O)[C@@]3(c3ccc(Cl)cc3)[C@H]4c3c(O)cc(OC)cc3OC)C2=O)cc1. The molecule has 3 heterocycles. The second-order valence-electron chi connectivity index (χ2n) is 14.7. The molecule has 2 N–H and O–H groups in total. The molecule has 3 fully saturated rings. The number of carbonyl (C=O) groups is 4. The highest BCUT2D eigenvalue weighted by molar-refractivity contribution is 6.33. The topological polar surface area (TPSA) is 138 Å². The van der Waals surface area contributed by atoms with Gasteiger partial charge in [-0.25, -0.2) is 4.98 Å². The minimum atomic E-state index is -4.77. The van der Waals surface area contributed by atoms with E-state index in [0.717, 1.165) is 12.0 Å². The summed E-state index contributed by atoms with van der Waals surface area (Å²) < 4.78 is 51.9. The number of nitrogens with zero attached hydrogens (tertiary/aromatic N) is 3. The third-order valence-electron chi connectivity index (χ3n) is 12.0. The van der Waals surface area contributed by atoms with Crippen molar-refractivity contribution in [2.24, 2.45) is 23.7 Å². The first-order valence-electron chi connectivity index (χ1n) is 18.4. The van der Waals surface area contributed by atoms with E-state index in [0.29, 0.717) is 39.1 Å². The molecular formula is C42H35Cl2F3N4O7. The van der Waals surface area contributed by atoms with Crippen LogP contribution in [-0.4, -0.2) is 52.9 Å². The molecule has 1 aromatic heterocycles. The molecule has 4 aliphatic rings. The van der Waals surface area contributed by atoms with Crippen molar-refractivity contribution in [1.82, 2.24) is 9.99 Å². The van der Waals surface area contributed by atoms with Crippen molar-refractivity contribution in [3.8, 4) is 17.2 Å². The molecule has 2 saturated heterocycles. The molecule has 0 radical (unpaired) electrons. The van der Waals surface area contributed by atoms with Crippen molar-refractivity contribution in [2.45, 2.75) is 43.7 Å². The molecule has 8 rings (SSSR count). The first-order chi connectivity index (χ1) is 27.6. The van der Waals surface area contributed by atoms with Gasteiger partial charge in [0, 0.05) is 34.8 Å². The van der Waals surface area contributed by atoms with E-state index < -0.39 is 81.2 Å². The van der Waals surface area contributed by atoms with Gasteiger partial charge in [0.2, 0.25) is 11.8 Å². The van der Waals surface area contributed by atoms with Gasteiger partial charge in [-0.3, -0.25) is 29.5 Å². The molecule has 0 unspecified atom stereocenters. The third kappa shape index (κ3) is 5.90. The van der Waals surface area contributed by atoms with Gasteiger partial charge in [0.1, 0.15) is 17.2 Å². The number of amides is 4. The maximum Gasteiger partial charge on any atom is 0.417 e. The number of alkyl halides is 3. The first kappa shape index (κ1) is 39.2. The number of phenols is 1. The number of rotatable bonds is 8. The highest BCUT2D eigenvalue weighted by Crippen LogP contribution is 2.66. The van der Waals surface area contributed by atoms with Crippen LogP contribution >= 0.6 is 23.2 Å². The van der Waals surface area contributed by atoms with Crippen LogP contribution in [0.25, 0.3) is 0 Å². The summed E-state index contributed by atoms with van der Waals surface area (Å²) in [5.41, 5.74) is 1.91. The van der Waals surface area contributed by atoms with Crippen molar-refractivity contribution < 1.29 is 46.9 Å². The van der Waals surface area contributed by atoms with Gasteiger partial charge >= 0.3 is 6.18 Å². The van der Waals surface area contributed by atoms with Crippen molar-refractivity contribution >= 4 is 58.3 Å². The summed E-state index contributed by atoms with van der Waals surface area (Å²) in [7, 11) is 2.76. The zero-order chi connectivity index (χ0) is 41.4. The molecule has 0 spiro atoms. The molecule has 4 aromatic rings. The molecule has 11 nitrogen and oxygen atoms in total. The molecule has 6 atom stereocenters. The van der Waals surface area contributed by atoms with Crippen LogP contribution in [0.4, 0.5) is 24.7 Å². The number of benzene rings is 3. The molecule has 58 heavy (non-hydrogen) atoms. The number of aromatic hydroxyl groups is 1. The molecule has 3 aromatic carbocycles. The van der Waals surface area contributed by atoms with Crippen LogP contribution in [0.3, 0.4) is 0 Å². The summed E-state index contributed by atoms with van der Waals surface area (Å²) in [4.78, 5) is 64.3. The van der Waals surface area contributed by atoms with Gasteiger partial charge < -0.3 is 14.6 Å². The number of hydrogen-bond donors (Lipinski definition) is 2. The largest absolute Gasteiger partial charge is 0.507 e. The third-order valence-corrected chi connectivity index (χ3v) is 12.5. The van der Waals surface area contributed by atoms with Gasteiger partial charge in [0.15, 0.2) is 5.82 Å². The fourth-order valence-corrected chi connectivity index (χ4v) is 9.73. The smallest absolute Gasteiger partial charge is 0.417 e. The van der Waals surface area contributed by atoms with Crippen molar-refractivity contribution in [3.63, 3.8) is 0 Å². The number of anilines is 2. The number of imide groups is 2. The molecule has 0 bridgehead atoms. The average Bonchev–Trinajstić information content (AvgIpc) is 3.58. The molecule has 2 aliphatic heterocycles. The fraction of sp³-hybridized carbons (Fsp3) is 0.310. The van der Waals surface area contributed by atoms with Crippen LogP contribution in [0.5, 0.6) is 17.2 Å². The van der Waals surface area contributed by atoms with E-state index in [9.17, 15) is 32.7 Å². The van der Waals surface area contributed by atoms with Crippen LogP contribution in [0.15, 0.2) is 84.6 Å². The van der Waals surface area contributed by atoms with Gasteiger partial charge in [-0.1, -0.05) is 66.0 Å². The summed E-state index contributed by atoms with van der Waals surface area (Å²) >= 11 is 12.6. The Kier molecular flexibility index (Phi) is 9.70. The number of hydrogen-bond acceptors (Lipinski definition) is 9. The number of allylic oxidation sites excluding steroid dienone is 2. The molecule has 4 amide bonds. The fourth-order valence-electron chi connectivity index (χ4n) is 9.40. The van der Waals surface area contributed by atoms with E-state index in [-0.39, 0.29) is 35.7 Å². The van der Waals surface area contributed by atoms with Crippen molar-refractivity contribution in [2.75, 3.05) is 24.5 Å². The summed E-state index contributed by atoms with van der Waals surface area (Å²) in [5.74, 6) is -8.01. The van der Waals surface area contributed by atoms with Crippen LogP contribution in [-0.2, 0) is 37.2 Å². The number of halogens is 5. The Hall–Kier alpha value is -5.60. The van der Waals surface area contributed by atoms with E-state index in [1.807, 2.05) is 25.1 Å². The number of aryl methyl sites for hydroxylation is 1. The van der Waals surface area contributed by atoms with Crippen molar-refractivity contribution in [3.05, 3.63) is 117 Å². The van der Waals surface area contributed by atoms with Crippen LogP contribution < -0.4 is 19.8 Å². The van der Waals surface area contributed by atoms with Crippen LogP contribution in [0, 0.1) is 23.7 Å². The van der Waals surface area contributed by atoms with E-state index >= 15 is 4.79 Å². The number of hydrazine groups is 1. The predicted molar refractivity (Wildman–Crippen MR) is 206 cm³/mol. The lowest BCUT2D eigenvalue weighted by atomic mass is 9.49. The first-order valence-corrected chi connectivity index (χ1v) is 19.2. The lowest BCUT2D eigenvalue weighted by Crippen LogP contribution is -2.53. The highest BCUT2D eigenvalue weighted by Gasteiger charge is 2.71. The van der Waals surface area contributed by atoms with Gasteiger partial charge in [-0.05, 0) is 66.6 Å². The zero-order valence-electron chi connectivity index (χ0n) is 31.1. The Balaban J connectivity index is 1.34. The number of aromatic nitrogens is 1. The molecule has 1 saturated carbocycles. The van der Waals surface area contributed by atoms with E-state index in [1.54, 1.807) is 36.4 Å². The quantitative estimate of drug-likeness (QED) is 0.134. The Morgan fingerprint density at radius 3 is 2.26 bits per heavy atom. The van der Waals surface area contributed by atoms with Gasteiger partial charge in [0.05, 0.1) is 53.7 Å². The zero-order valence-corrected chi connectivity index (χ0v) is 32.7. The molecule has 16 heteroatoms. The average molecular weight is 836 g/mol. The molecular weight excluding hydrogens is 800 g/mol.